The van der Waals surface area contributed by atoms with Crippen molar-refractivity contribution in [2.75, 3.05) is 0 Å². The number of hydrogen-bond donors (Lipinski definition) is 0. The molecule has 0 saturated heterocycles. The second-order valence-electron chi connectivity index (χ2n) is 9.29. The Morgan fingerprint density at radius 1 is 0.868 bits per heavy atom. The molecule has 0 amide bonds. The average molecular weight is 509 g/mol. The van der Waals surface area contributed by atoms with Crippen LogP contribution in [0.25, 0.3) is 33.9 Å². The monoisotopic (exact) mass is 508 g/mol. The maximum atomic E-state index is 12.9. The number of rotatable bonds is 9. The summed E-state index contributed by atoms with van der Waals surface area (Å²) in [4.78, 5) is 25.7. The number of nitrogens with zero attached hydrogens (tertiary/aromatic N) is 2. The lowest BCUT2D eigenvalue weighted by molar-refractivity contribution is 0.0733. The maximum Gasteiger partial charge on any atom is 0.349 e. The van der Waals surface area contributed by atoms with E-state index in [4.69, 9.17) is 13.6 Å². The summed E-state index contributed by atoms with van der Waals surface area (Å²) >= 11 is 0. The van der Waals surface area contributed by atoms with E-state index in [1.807, 2.05) is 43.3 Å². The molecular formula is C31H28N2O5. The highest BCUT2D eigenvalue weighted by Gasteiger charge is 2.19. The lowest BCUT2D eigenvalue weighted by Gasteiger charge is -2.12. The van der Waals surface area contributed by atoms with Crippen LogP contribution in [0.15, 0.2) is 86.4 Å². The van der Waals surface area contributed by atoms with Gasteiger partial charge in [-0.1, -0.05) is 62.1 Å². The van der Waals surface area contributed by atoms with Crippen LogP contribution in [0, 0.1) is 6.92 Å². The lowest BCUT2D eigenvalue weighted by atomic mass is 10.0. The number of carbonyl (C=O) groups is 1. The maximum absolute atomic E-state index is 12.9. The number of carbonyl (C=O) groups excluding carboxylic acids is 1. The summed E-state index contributed by atoms with van der Waals surface area (Å²) in [5.74, 6) is 0.325. The number of benzene rings is 3. The van der Waals surface area contributed by atoms with Crippen molar-refractivity contribution in [3.63, 3.8) is 0 Å². The third-order valence-electron chi connectivity index (χ3n) is 6.38. The fraction of sp³-hybridized carbons (Fsp3) is 0.226. The van der Waals surface area contributed by atoms with Crippen LogP contribution in [0.2, 0.25) is 0 Å². The van der Waals surface area contributed by atoms with Gasteiger partial charge in [-0.05, 0) is 61.7 Å². The van der Waals surface area contributed by atoms with Gasteiger partial charge in [0.2, 0.25) is 5.89 Å². The third kappa shape index (κ3) is 5.57. The first-order chi connectivity index (χ1) is 18.5. The van der Waals surface area contributed by atoms with Crippen LogP contribution in [-0.2, 0) is 6.42 Å². The van der Waals surface area contributed by atoms with Crippen molar-refractivity contribution >= 4 is 16.9 Å². The summed E-state index contributed by atoms with van der Waals surface area (Å²) in [7, 11) is 0. The minimum atomic E-state index is -0.618. The molecule has 0 atom stereocenters. The number of ether oxygens (including phenoxy) is 1. The van der Waals surface area contributed by atoms with Crippen molar-refractivity contribution in [3.8, 4) is 28.7 Å². The Bertz CT molecular complexity index is 1620. The molecule has 3 aromatic carbocycles. The summed E-state index contributed by atoms with van der Waals surface area (Å²) < 4.78 is 17.2. The minimum Gasteiger partial charge on any atom is -0.422 e. The van der Waals surface area contributed by atoms with E-state index in [1.165, 1.54) is 0 Å². The number of fused-ring (bicyclic) bond motifs is 1. The van der Waals surface area contributed by atoms with Crippen molar-refractivity contribution in [2.24, 2.45) is 0 Å². The van der Waals surface area contributed by atoms with Crippen LogP contribution in [0.4, 0.5) is 0 Å². The third-order valence-corrected chi connectivity index (χ3v) is 6.38. The van der Waals surface area contributed by atoms with E-state index in [0.717, 1.165) is 48.8 Å². The van der Waals surface area contributed by atoms with Gasteiger partial charge in [0, 0.05) is 17.0 Å². The zero-order valence-electron chi connectivity index (χ0n) is 21.4. The Kier molecular flexibility index (Phi) is 7.45. The number of esters is 1. The normalized spacial score (nSPS) is 11.1. The Morgan fingerprint density at radius 3 is 2.39 bits per heavy atom. The van der Waals surface area contributed by atoms with Gasteiger partial charge in [-0.15, -0.1) is 10.2 Å². The van der Waals surface area contributed by atoms with Crippen LogP contribution in [-0.4, -0.2) is 16.2 Å². The highest BCUT2D eigenvalue weighted by atomic mass is 16.5. The standard InChI is InChI=1S/C31H28N2O5/c1-3-4-5-7-12-23-17-24-18-25(29-33-32-28(38-29)21-15-13-20(2)14-16-21)31(35)37-27(24)19-26(23)36-30(34)22-10-8-6-9-11-22/h6,8-11,13-19H,3-5,7,12H2,1-2H3. The van der Waals surface area contributed by atoms with Gasteiger partial charge < -0.3 is 13.6 Å². The summed E-state index contributed by atoms with van der Waals surface area (Å²) in [5.41, 5.74) is 3.06. The van der Waals surface area contributed by atoms with Crippen molar-refractivity contribution in [1.82, 2.24) is 10.2 Å². The van der Waals surface area contributed by atoms with Crippen LogP contribution in [0.1, 0.15) is 54.1 Å². The molecule has 5 rings (SSSR count). The van der Waals surface area contributed by atoms with Gasteiger partial charge in [0.1, 0.15) is 16.9 Å². The molecule has 0 saturated carbocycles. The molecule has 0 aliphatic rings. The van der Waals surface area contributed by atoms with Gasteiger partial charge in [0.15, 0.2) is 0 Å². The van der Waals surface area contributed by atoms with E-state index in [9.17, 15) is 9.59 Å². The topological polar surface area (TPSA) is 95.4 Å². The molecule has 5 aromatic rings. The summed E-state index contributed by atoms with van der Waals surface area (Å²) in [6.07, 6.45) is 4.99. The predicted molar refractivity (Wildman–Crippen MR) is 145 cm³/mol. The van der Waals surface area contributed by atoms with Crippen molar-refractivity contribution in [1.29, 1.82) is 0 Å². The van der Waals surface area contributed by atoms with Crippen LogP contribution in [0.5, 0.6) is 5.75 Å². The number of unbranched alkanes of at least 4 members (excludes halogenated alkanes) is 3. The molecule has 0 spiro atoms. The minimum absolute atomic E-state index is 0.0836. The molecule has 7 heteroatoms. The molecule has 38 heavy (non-hydrogen) atoms. The van der Waals surface area contributed by atoms with Gasteiger partial charge in [0.25, 0.3) is 5.89 Å². The first-order valence-corrected chi connectivity index (χ1v) is 12.8. The van der Waals surface area contributed by atoms with Gasteiger partial charge in [-0.2, -0.15) is 0 Å². The lowest BCUT2D eigenvalue weighted by Crippen LogP contribution is -2.10. The molecule has 7 nitrogen and oxygen atoms in total. The van der Waals surface area contributed by atoms with Crippen molar-refractivity contribution in [2.45, 2.75) is 46.0 Å². The Labute approximate surface area is 220 Å². The number of hydrogen-bond acceptors (Lipinski definition) is 7. The molecule has 0 radical (unpaired) electrons. The van der Waals surface area contributed by atoms with Gasteiger partial charge >= 0.3 is 11.6 Å². The molecule has 2 heterocycles. The molecule has 0 aliphatic heterocycles. The smallest absolute Gasteiger partial charge is 0.349 e. The largest absolute Gasteiger partial charge is 0.422 e. The highest BCUT2D eigenvalue weighted by molar-refractivity contribution is 5.92. The molecule has 0 unspecified atom stereocenters. The van der Waals surface area contributed by atoms with E-state index in [2.05, 4.69) is 17.1 Å². The molecule has 0 N–H and O–H groups in total. The average Bonchev–Trinajstić information content (AvgIpc) is 3.42. The second-order valence-corrected chi connectivity index (χ2v) is 9.29. The SMILES string of the molecule is CCCCCCc1cc2cc(-c3nnc(-c4ccc(C)cc4)o3)c(=O)oc2cc1OC(=O)c1ccccc1. The van der Waals surface area contributed by atoms with E-state index < -0.39 is 11.6 Å². The van der Waals surface area contributed by atoms with Gasteiger partial charge in [-0.3, -0.25) is 0 Å². The summed E-state index contributed by atoms with van der Waals surface area (Å²) in [5, 5.41) is 8.88. The predicted octanol–water partition coefficient (Wildman–Crippen LogP) is 7.16. The van der Waals surface area contributed by atoms with E-state index in [1.54, 1.807) is 36.4 Å². The highest BCUT2D eigenvalue weighted by Crippen LogP contribution is 2.31. The summed E-state index contributed by atoms with van der Waals surface area (Å²) in [6.45, 7) is 4.16. The summed E-state index contributed by atoms with van der Waals surface area (Å²) in [6, 6.07) is 21.7. The molecule has 0 bridgehead atoms. The zero-order valence-corrected chi connectivity index (χ0v) is 21.4. The molecule has 0 aliphatic carbocycles. The van der Waals surface area contributed by atoms with Crippen LogP contribution in [0.3, 0.4) is 0 Å². The quantitative estimate of drug-likeness (QED) is 0.0902. The first-order valence-electron chi connectivity index (χ1n) is 12.8. The first kappa shape index (κ1) is 25.1. The molecule has 0 fully saturated rings. The molecular weight excluding hydrogens is 480 g/mol. The number of aromatic nitrogens is 2. The molecule has 2 aromatic heterocycles. The Hall–Kier alpha value is -4.52. The second kappa shape index (κ2) is 11.3. The van der Waals surface area contributed by atoms with Crippen molar-refractivity contribution < 1.29 is 18.4 Å². The van der Waals surface area contributed by atoms with E-state index >= 15 is 0 Å². The van der Waals surface area contributed by atoms with Gasteiger partial charge in [0.05, 0.1) is 5.56 Å². The molecule has 192 valence electrons. The fourth-order valence-corrected chi connectivity index (χ4v) is 4.26. The Morgan fingerprint density at radius 2 is 1.63 bits per heavy atom. The van der Waals surface area contributed by atoms with Crippen LogP contribution >= 0.6 is 0 Å². The van der Waals surface area contributed by atoms with Crippen molar-refractivity contribution in [3.05, 3.63) is 99.9 Å². The van der Waals surface area contributed by atoms with Gasteiger partial charge in [-0.25, -0.2) is 9.59 Å². The van der Waals surface area contributed by atoms with E-state index in [-0.39, 0.29) is 11.5 Å². The fourth-order valence-electron chi connectivity index (χ4n) is 4.26. The van der Waals surface area contributed by atoms with E-state index in [0.29, 0.717) is 28.2 Å². The number of aryl methyl sites for hydroxylation is 2. The Balaban J connectivity index is 1.50. The zero-order chi connectivity index (χ0) is 26.5. The van der Waals surface area contributed by atoms with Crippen LogP contribution < -0.4 is 10.4 Å².